The van der Waals surface area contributed by atoms with Gasteiger partial charge in [-0.05, 0) is 57.0 Å². The van der Waals surface area contributed by atoms with Gasteiger partial charge in [0.25, 0.3) is 5.91 Å². The van der Waals surface area contributed by atoms with Gasteiger partial charge in [-0.15, -0.1) is 0 Å². The fourth-order valence-electron chi connectivity index (χ4n) is 3.37. The molecule has 1 aromatic heterocycles. The SMILES string of the molecule is CCNCC1CCN(C(=O)c2cc(C)nc3cc(Br)ccc23)CC1. The van der Waals surface area contributed by atoms with Gasteiger partial charge in [-0.2, -0.15) is 0 Å². The zero-order chi connectivity index (χ0) is 17.1. The molecule has 2 aromatic rings. The van der Waals surface area contributed by atoms with Crippen molar-refractivity contribution in [3.05, 3.63) is 40.0 Å². The maximum absolute atomic E-state index is 13.0. The van der Waals surface area contributed by atoms with E-state index in [0.717, 1.165) is 65.7 Å². The Hall–Kier alpha value is -1.46. The summed E-state index contributed by atoms with van der Waals surface area (Å²) in [6, 6.07) is 7.85. The largest absolute Gasteiger partial charge is 0.339 e. The molecule has 0 spiro atoms. The first-order chi connectivity index (χ1) is 11.6. The van der Waals surface area contributed by atoms with Crippen LogP contribution >= 0.6 is 15.9 Å². The van der Waals surface area contributed by atoms with Crippen LogP contribution in [0.5, 0.6) is 0 Å². The molecule has 1 aromatic carbocycles. The summed E-state index contributed by atoms with van der Waals surface area (Å²) in [5.41, 5.74) is 2.52. The number of carbonyl (C=O) groups is 1. The van der Waals surface area contributed by atoms with E-state index in [1.165, 1.54) is 0 Å². The van der Waals surface area contributed by atoms with Crippen LogP contribution in [-0.4, -0.2) is 42.0 Å². The Morgan fingerprint density at radius 1 is 1.33 bits per heavy atom. The van der Waals surface area contributed by atoms with Crippen LogP contribution in [0.2, 0.25) is 0 Å². The first-order valence-corrected chi connectivity index (χ1v) is 9.44. The van der Waals surface area contributed by atoms with E-state index in [1.807, 2.05) is 36.1 Å². The lowest BCUT2D eigenvalue weighted by Gasteiger charge is -2.32. The van der Waals surface area contributed by atoms with E-state index in [0.29, 0.717) is 5.92 Å². The molecule has 3 rings (SSSR count). The molecule has 0 unspecified atom stereocenters. The number of halogens is 1. The minimum absolute atomic E-state index is 0.134. The highest BCUT2D eigenvalue weighted by molar-refractivity contribution is 9.10. The number of hydrogen-bond donors (Lipinski definition) is 1. The summed E-state index contributed by atoms with van der Waals surface area (Å²) >= 11 is 3.48. The minimum atomic E-state index is 0.134. The average Bonchev–Trinajstić information content (AvgIpc) is 2.58. The molecule has 1 aliphatic heterocycles. The van der Waals surface area contributed by atoms with Gasteiger partial charge in [0.2, 0.25) is 0 Å². The van der Waals surface area contributed by atoms with Gasteiger partial charge in [0, 0.05) is 28.6 Å². The lowest BCUT2D eigenvalue weighted by molar-refractivity contribution is 0.0692. The number of nitrogens with zero attached hydrogens (tertiary/aromatic N) is 2. The molecule has 128 valence electrons. The van der Waals surface area contributed by atoms with Gasteiger partial charge in [-0.25, -0.2) is 0 Å². The van der Waals surface area contributed by atoms with Crippen molar-refractivity contribution in [3.63, 3.8) is 0 Å². The molecule has 2 heterocycles. The molecule has 4 nitrogen and oxygen atoms in total. The fourth-order valence-corrected chi connectivity index (χ4v) is 3.72. The van der Waals surface area contributed by atoms with Crippen LogP contribution in [0.25, 0.3) is 10.9 Å². The van der Waals surface area contributed by atoms with Gasteiger partial charge in [0.15, 0.2) is 0 Å². The van der Waals surface area contributed by atoms with Crippen LogP contribution in [0.4, 0.5) is 0 Å². The van der Waals surface area contributed by atoms with Gasteiger partial charge in [-0.1, -0.05) is 28.9 Å². The first kappa shape index (κ1) is 17.4. The smallest absolute Gasteiger partial charge is 0.254 e. The molecule has 1 fully saturated rings. The standard InChI is InChI=1S/C19H24BrN3O/c1-3-21-12-14-6-8-23(9-7-14)19(24)17-10-13(2)22-18-11-15(20)4-5-16(17)18/h4-5,10-11,14,21H,3,6-9,12H2,1-2H3. The Bertz CT molecular complexity index is 733. The Morgan fingerprint density at radius 2 is 2.08 bits per heavy atom. The van der Waals surface area contributed by atoms with Crippen molar-refractivity contribution in [1.82, 2.24) is 15.2 Å². The number of aryl methyl sites for hydroxylation is 1. The highest BCUT2D eigenvalue weighted by Crippen LogP contribution is 2.25. The van der Waals surface area contributed by atoms with E-state index in [4.69, 9.17) is 0 Å². The fraction of sp³-hybridized carbons (Fsp3) is 0.474. The third-order valence-electron chi connectivity index (χ3n) is 4.72. The van der Waals surface area contributed by atoms with Gasteiger partial charge in [0.05, 0.1) is 11.1 Å². The normalized spacial score (nSPS) is 15.9. The Balaban J connectivity index is 1.80. The van der Waals surface area contributed by atoms with Crippen LogP contribution in [0, 0.1) is 12.8 Å². The Kier molecular flexibility index (Phi) is 5.51. The molecule has 24 heavy (non-hydrogen) atoms. The molecule has 0 atom stereocenters. The maximum Gasteiger partial charge on any atom is 0.254 e. The second-order valence-corrected chi connectivity index (χ2v) is 7.43. The quantitative estimate of drug-likeness (QED) is 0.865. The zero-order valence-electron chi connectivity index (χ0n) is 14.3. The predicted octanol–water partition coefficient (Wildman–Crippen LogP) is 3.77. The van der Waals surface area contributed by atoms with Crippen LogP contribution in [-0.2, 0) is 0 Å². The van der Waals surface area contributed by atoms with Crippen molar-refractivity contribution in [2.24, 2.45) is 5.92 Å². The molecule has 0 radical (unpaired) electrons. The van der Waals surface area contributed by atoms with Gasteiger partial charge >= 0.3 is 0 Å². The van der Waals surface area contributed by atoms with E-state index in [9.17, 15) is 4.79 Å². The summed E-state index contributed by atoms with van der Waals surface area (Å²) in [7, 11) is 0. The van der Waals surface area contributed by atoms with Crippen LogP contribution < -0.4 is 5.32 Å². The van der Waals surface area contributed by atoms with E-state index in [-0.39, 0.29) is 5.91 Å². The van der Waals surface area contributed by atoms with Gasteiger partial charge in [-0.3, -0.25) is 9.78 Å². The number of piperidine rings is 1. The topological polar surface area (TPSA) is 45.2 Å². The van der Waals surface area contributed by atoms with Gasteiger partial charge < -0.3 is 10.2 Å². The highest BCUT2D eigenvalue weighted by Gasteiger charge is 2.24. The molecule has 0 saturated carbocycles. The molecule has 1 aliphatic rings. The monoisotopic (exact) mass is 389 g/mol. The molecule has 1 N–H and O–H groups in total. The van der Waals surface area contributed by atoms with Crippen molar-refractivity contribution in [1.29, 1.82) is 0 Å². The van der Waals surface area contributed by atoms with Gasteiger partial charge in [0.1, 0.15) is 0 Å². The van der Waals surface area contributed by atoms with E-state index in [2.05, 4.69) is 33.2 Å². The zero-order valence-corrected chi connectivity index (χ0v) is 15.9. The van der Waals surface area contributed by atoms with E-state index < -0.39 is 0 Å². The molecular formula is C19H24BrN3O. The average molecular weight is 390 g/mol. The van der Waals surface area contributed by atoms with Crippen LogP contribution in [0.1, 0.15) is 35.8 Å². The second-order valence-electron chi connectivity index (χ2n) is 6.52. The Morgan fingerprint density at radius 3 is 2.79 bits per heavy atom. The number of amides is 1. The second kappa shape index (κ2) is 7.62. The number of fused-ring (bicyclic) bond motifs is 1. The summed E-state index contributed by atoms with van der Waals surface area (Å²) in [4.78, 5) is 19.6. The number of nitrogens with one attached hydrogen (secondary N) is 1. The van der Waals surface area contributed by atoms with Crippen molar-refractivity contribution in [2.75, 3.05) is 26.2 Å². The van der Waals surface area contributed by atoms with Crippen molar-refractivity contribution < 1.29 is 4.79 Å². The first-order valence-electron chi connectivity index (χ1n) is 8.65. The number of rotatable bonds is 4. The number of benzene rings is 1. The molecule has 0 aliphatic carbocycles. The van der Waals surface area contributed by atoms with Crippen molar-refractivity contribution in [3.8, 4) is 0 Å². The molecule has 1 saturated heterocycles. The number of likely N-dealkylation sites (tertiary alicyclic amines) is 1. The van der Waals surface area contributed by atoms with E-state index in [1.54, 1.807) is 0 Å². The maximum atomic E-state index is 13.0. The van der Waals surface area contributed by atoms with E-state index >= 15 is 0 Å². The van der Waals surface area contributed by atoms with Crippen molar-refractivity contribution in [2.45, 2.75) is 26.7 Å². The lowest BCUT2D eigenvalue weighted by atomic mass is 9.96. The summed E-state index contributed by atoms with van der Waals surface area (Å²) in [5.74, 6) is 0.815. The predicted molar refractivity (Wildman–Crippen MR) is 101 cm³/mol. The number of carbonyl (C=O) groups excluding carboxylic acids is 1. The summed E-state index contributed by atoms with van der Waals surface area (Å²) in [6.45, 7) is 7.83. The third-order valence-corrected chi connectivity index (χ3v) is 5.21. The highest BCUT2D eigenvalue weighted by atomic mass is 79.9. The minimum Gasteiger partial charge on any atom is -0.339 e. The number of pyridine rings is 1. The van der Waals surface area contributed by atoms with Crippen LogP contribution in [0.3, 0.4) is 0 Å². The summed E-state index contributed by atoms with van der Waals surface area (Å²) in [5, 5.41) is 4.35. The third kappa shape index (κ3) is 3.78. The molecular weight excluding hydrogens is 366 g/mol. The van der Waals surface area contributed by atoms with Crippen molar-refractivity contribution >= 4 is 32.7 Å². The summed E-state index contributed by atoms with van der Waals surface area (Å²) in [6.07, 6.45) is 2.15. The number of hydrogen-bond acceptors (Lipinski definition) is 3. The lowest BCUT2D eigenvalue weighted by Crippen LogP contribution is -2.40. The molecule has 0 bridgehead atoms. The number of aromatic nitrogens is 1. The summed E-state index contributed by atoms with van der Waals surface area (Å²) < 4.78 is 0.982. The molecule has 5 heteroatoms. The van der Waals surface area contributed by atoms with Crippen LogP contribution in [0.15, 0.2) is 28.7 Å². The molecule has 1 amide bonds. The Labute approximate surface area is 151 Å².